The van der Waals surface area contributed by atoms with Gasteiger partial charge in [-0.2, -0.15) is 5.10 Å². The summed E-state index contributed by atoms with van der Waals surface area (Å²) in [6, 6.07) is 0. The summed E-state index contributed by atoms with van der Waals surface area (Å²) in [5.41, 5.74) is 1.09. The third-order valence-corrected chi connectivity index (χ3v) is 3.91. The van der Waals surface area contributed by atoms with Crippen molar-refractivity contribution >= 4 is 17.6 Å². The van der Waals surface area contributed by atoms with Crippen molar-refractivity contribution in [1.29, 1.82) is 0 Å². The molecule has 2 aromatic heterocycles. The average Bonchev–Trinajstić information content (AvgIpc) is 2.79. The molecule has 5 nitrogen and oxygen atoms in total. The molecule has 0 spiro atoms. The van der Waals surface area contributed by atoms with Crippen LogP contribution in [0, 0.1) is 6.92 Å². The first kappa shape index (κ1) is 14.8. The number of aryl methyl sites for hydroxylation is 1. The van der Waals surface area contributed by atoms with Gasteiger partial charge in [0.05, 0.1) is 11.1 Å². The smallest absolute Gasteiger partial charge is 0.134 e. The van der Waals surface area contributed by atoms with Gasteiger partial charge in [0.15, 0.2) is 0 Å². The van der Waals surface area contributed by atoms with Gasteiger partial charge in [0.25, 0.3) is 0 Å². The van der Waals surface area contributed by atoms with Gasteiger partial charge in [-0.1, -0.05) is 25.6 Å². The lowest BCUT2D eigenvalue weighted by Gasteiger charge is -2.14. The average molecular weight is 291 g/mol. The van der Waals surface area contributed by atoms with E-state index in [9.17, 15) is 0 Å². The van der Waals surface area contributed by atoms with Gasteiger partial charge in [0, 0.05) is 31.3 Å². The van der Waals surface area contributed by atoms with Crippen LogP contribution >= 0.6 is 11.8 Å². The minimum atomic E-state index is 0.307. The zero-order valence-electron chi connectivity index (χ0n) is 12.6. The minimum absolute atomic E-state index is 0.307. The Morgan fingerprint density at radius 3 is 2.65 bits per heavy atom. The van der Waals surface area contributed by atoms with Crippen LogP contribution in [0.4, 0.5) is 5.82 Å². The van der Waals surface area contributed by atoms with Crippen LogP contribution in [0.25, 0.3) is 0 Å². The molecule has 0 radical (unpaired) electrons. The molecule has 0 saturated heterocycles. The predicted molar refractivity (Wildman–Crippen MR) is 82.4 cm³/mol. The van der Waals surface area contributed by atoms with Gasteiger partial charge in [-0.3, -0.25) is 4.68 Å². The number of aromatic nitrogens is 4. The molecule has 0 aliphatic rings. The maximum absolute atomic E-state index is 4.69. The maximum atomic E-state index is 4.69. The van der Waals surface area contributed by atoms with Crippen LogP contribution in [-0.4, -0.2) is 26.3 Å². The van der Waals surface area contributed by atoms with Gasteiger partial charge >= 0.3 is 0 Å². The van der Waals surface area contributed by atoms with Crippen molar-refractivity contribution in [2.75, 3.05) is 11.9 Å². The zero-order chi connectivity index (χ0) is 14.7. The second kappa shape index (κ2) is 6.26. The third kappa shape index (κ3) is 3.30. The van der Waals surface area contributed by atoms with Gasteiger partial charge in [-0.05, 0) is 13.8 Å². The van der Waals surface area contributed by atoms with Crippen LogP contribution in [0.5, 0.6) is 0 Å². The molecular formula is C14H21N5S. The highest BCUT2D eigenvalue weighted by Gasteiger charge is 2.14. The second-order valence-corrected chi connectivity index (χ2v) is 6.06. The fourth-order valence-corrected chi connectivity index (χ4v) is 2.69. The highest BCUT2D eigenvalue weighted by atomic mass is 32.2. The first-order valence-corrected chi connectivity index (χ1v) is 7.61. The van der Waals surface area contributed by atoms with Gasteiger partial charge in [-0.25, -0.2) is 9.97 Å². The summed E-state index contributed by atoms with van der Waals surface area (Å²) in [4.78, 5) is 10.4. The van der Waals surface area contributed by atoms with E-state index in [1.165, 1.54) is 0 Å². The molecule has 2 heterocycles. The summed E-state index contributed by atoms with van der Waals surface area (Å²) in [6.07, 6.45) is 3.85. The molecule has 0 fully saturated rings. The van der Waals surface area contributed by atoms with Crippen LogP contribution in [0.1, 0.15) is 38.1 Å². The monoisotopic (exact) mass is 291 g/mol. The Hall–Kier alpha value is -1.56. The summed E-state index contributed by atoms with van der Waals surface area (Å²) >= 11 is 1.63. The number of hydrogen-bond donors (Lipinski definition) is 1. The van der Waals surface area contributed by atoms with E-state index < -0.39 is 0 Å². The summed E-state index contributed by atoms with van der Waals surface area (Å²) in [5.74, 6) is 2.11. The molecule has 0 unspecified atom stereocenters. The molecule has 0 aliphatic heterocycles. The Labute approximate surface area is 124 Å². The van der Waals surface area contributed by atoms with E-state index in [2.05, 4.69) is 43.1 Å². The van der Waals surface area contributed by atoms with Crippen molar-refractivity contribution in [1.82, 2.24) is 19.7 Å². The molecule has 0 amide bonds. The maximum Gasteiger partial charge on any atom is 0.134 e. The molecule has 1 N–H and O–H groups in total. The van der Waals surface area contributed by atoms with Crippen molar-refractivity contribution in [2.24, 2.45) is 7.05 Å². The van der Waals surface area contributed by atoms with E-state index in [1.54, 1.807) is 16.4 Å². The van der Waals surface area contributed by atoms with E-state index in [0.717, 1.165) is 33.7 Å². The molecule has 108 valence electrons. The number of rotatable bonds is 5. The zero-order valence-corrected chi connectivity index (χ0v) is 13.5. The minimum Gasteiger partial charge on any atom is -0.370 e. The topological polar surface area (TPSA) is 55.6 Å². The normalized spacial score (nSPS) is 11.1. The number of nitrogens with zero attached hydrogens (tertiary/aromatic N) is 4. The van der Waals surface area contributed by atoms with Gasteiger partial charge in [-0.15, -0.1) is 0 Å². The van der Waals surface area contributed by atoms with Crippen LogP contribution in [0.2, 0.25) is 0 Å². The largest absolute Gasteiger partial charge is 0.370 e. The van der Waals surface area contributed by atoms with Gasteiger partial charge in [0.2, 0.25) is 0 Å². The molecule has 2 rings (SSSR count). The SMILES string of the molecule is CCNc1nc(C(C)C)nc(Sc2cnn(C)c2)c1C. The standard InChI is InChI=1S/C14H21N5S/c1-6-15-13-10(4)14(18-12(17-13)9(2)3)20-11-7-16-19(5)8-11/h7-9H,6H2,1-5H3,(H,15,17,18). The fraction of sp³-hybridized carbons (Fsp3) is 0.500. The Kier molecular flexibility index (Phi) is 4.65. The van der Waals surface area contributed by atoms with E-state index >= 15 is 0 Å². The summed E-state index contributed by atoms with van der Waals surface area (Å²) in [6.45, 7) is 9.20. The molecule has 0 atom stereocenters. The van der Waals surface area contributed by atoms with Crippen LogP contribution < -0.4 is 5.32 Å². The molecule has 2 aromatic rings. The molecule has 0 saturated carbocycles. The van der Waals surface area contributed by atoms with Crippen LogP contribution in [0.15, 0.2) is 22.3 Å². The first-order chi connectivity index (χ1) is 9.51. The Balaban J connectivity index is 2.39. The van der Waals surface area contributed by atoms with Gasteiger partial charge in [0.1, 0.15) is 16.7 Å². The molecule has 0 aromatic carbocycles. The first-order valence-electron chi connectivity index (χ1n) is 6.80. The van der Waals surface area contributed by atoms with Gasteiger partial charge < -0.3 is 5.32 Å². The number of nitrogens with one attached hydrogen (secondary N) is 1. The second-order valence-electron chi connectivity index (χ2n) is 5.00. The van der Waals surface area contributed by atoms with E-state index in [0.29, 0.717) is 5.92 Å². The van der Waals surface area contributed by atoms with E-state index in [-0.39, 0.29) is 0 Å². The van der Waals surface area contributed by atoms with Crippen molar-refractivity contribution < 1.29 is 0 Å². The Bertz CT molecular complexity index is 591. The lowest BCUT2D eigenvalue weighted by Crippen LogP contribution is -2.08. The molecule has 0 bridgehead atoms. The van der Waals surface area contributed by atoms with Crippen molar-refractivity contribution in [3.8, 4) is 0 Å². The van der Waals surface area contributed by atoms with Crippen molar-refractivity contribution in [3.05, 3.63) is 23.8 Å². The summed E-state index contributed by atoms with van der Waals surface area (Å²) in [7, 11) is 1.92. The van der Waals surface area contributed by atoms with Crippen molar-refractivity contribution in [3.63, 3.8) is 0 Å². The quantitative estimate of drug-likeness (QED) is 0.857. The summed E-state index contributed by atoms with van der Waals surface area (Å²) < 4.78 is 1.80. The third-order valence-electron chi connectivity index (χ3n) is 2.87. The summed E-state index contributed by atoms with van der Waals surface area (Å²) in [5, 5.41) is 8.51. The van der Waals surface area contributed by atoms with E-state index in [4.69, 9.17) is 4.98 Å². The number of anilines is 1. The number of hydrogen-bond acceptors (Lipinski definition) is 5. The van der Waals surface area contributed by atoms with Crippen LogP contribution in [0.3, 0.4) is 0 Å². The fourth-order valence-electron chi connectivity index (χ4n) is 1.77. The molecular weight excluding hydrogens is 270 g/mol. The molecule has 6 heteroatoms. The van der Waals surface area contributed by atoms with Crippen LogP contribution in [-0.2, 0) is 7.05 Å². The molecule has 20 heavy (non-hydrogen) atoms. The highest BCUT2D eigenvalue weighted by molar-refractivity contribution is 7.99. The lowest BCUT2D eigenvalue weighted by molar-refractivity contribution is 0.748. The predicted octanol–water partition coefficient (Wildman–Crippen LogP) is 3.22. The Morgan fingerprint density at radius 2 is 2.10 bits per heavy atom. The molecule has 0 aliphatic carbocycles. The highest BCUT2D eigenvalue weighted by Crippen LogP contribution is 2.32. The Morgan fingerprint density at radius 1 is 1.35 bits per heavy atom. The van der Waals surface area contributed by atoms with Crippen molar-refractivity contribution in [2.45, 2.75) is 43.5 Å². The van der Waals surface area contributed by atoms with E-state index in [1.807, 2.05) is 19.4 Å². The lowest BCUT2D eigenvalue weighted by atomic mass is 10.2.